The minimum absolute atomic E-state index is 0.0742. The fraction of sp³-hybridized carbons (Fsp3) is 0.615. The van der Waals surface area contributed by atoms with Gasteiger partial charge >= 0.3 is 0 Å². The van der Waals surface area contributed by atoms with Crippen LogP contribution in [0.5, 0.6) is 0 Å². The summed E-state index contributed by atoms with van der Waals surface area (Å²) in [6, 6.07) is 0.147. The van der Waals surface area contributed by atoms with Crippen LogP contribution in [0.15, 0.2) is 25.3 Å². The maximum atomic E-state index is 12.0. The fourth-order valence-electron chi connectivity index (χ4n) is 2.17. The summed E-state index contributed by atoms with van der Waals surface area (Å²) in [5, 5.41) is 9.20. The van der Waals surface area contributed by atoms with Crippen LogP contribution in [0.1, 0.15) is 12.8 Å². The van der Waals surface area contributed by atoms with Gasteiger partial charge in [-0.15, -0.1) is 13.2 Å². The first-order chi connectivity index (χ1) is 8.22. The first kappa shape index (κ1) is 13.9. The van der Waals surface area contributed by atoms with Gasteiger partial charge in [-0.2, -0.15) is 0 Å². The van der Waals surface area contributed by atoms with E-state index in [4.69, 9.17) is 0 Å². The summed E-state index contributed by atoms with van der Waals surface area (Å²) in [7, 11) is 0. The van der Waals surface area contributed by atoms with Crippen molar-refractivity contribution in [2.24, 2.45) is 0 Å². The zero-order valence-electron chi connectivity index (χ0n) is 10.3. The van der Waals surface area contributed by atoms with Crippen molar-refractivity contribution in [1.29, 1.82) is 0 Å². The van der Waals surface area contributed by atoms with E-state index in [0.29, 0.717) is 19.6 Å². The second kappa shape index (κ2) is 7.25. The minimum Gasteiger partial charge on any atom is -0.395 e. The molecule has 0 aromatic heterocycles. The largest absolute Gasteiger partial charge is 0.395 e. The number of carbonyl (C=O) groups is 1. The molecule has 0 aliphatic carbocycles. The lowest BCUT2D eigenvalue weighted by atomic mass is 10.2. The van der Waals surface area contributed by atoms with E-state index in [-0.39, 0.29) is 18.6 Å². The van der Waals surface area contributed by atoms with Crippen molar-refractivity contribution < 1.29 is 9.90 Å². The Hall–Kier alpha value is -1.13. The zero-order chi connectivity index (χ0) is 12.7. The quantitative estimate of drug-likeness (QED) is 0.662. The minimum atomic E-state index is 0.0742. The molecule has 1 atom stereocenters. The lowest BCUT2D eigenvalue weighted by molar-refractivity contribution is -0.131. The molecule has 0 radical (unpaired) electrons. The van der Waals surface area contributed by atoms with Crippen LogP contribution in [0.4, 0.5) is 0 Å². The van der Waals surface area contributed by atoms with Crippen molar-refractivity contribution in [3.63, 3.8) is 0 Å². The maximum Gasteiger partial charge on any atom is 0.237 e. The number of carbonyl (C=O) groups excluding carboxylic acids is 1. The Morgan fingerprint density at radius 3 is 2.59 bits per heavy atom. The summed E-state index contributed by atoms with van der Waals surface area (Å²) >= 11 is 0. The van der Waals surface area contributed by atoms with E-state index in [2.05, 4.69) is 18.1 Å². The van der Waals surface area contributed by atoms with Crippen molar-refractivity contribution in [2.75, 3.05) is 32.8 Å². The van der Waals surface area contributed by atoms with Crippen LogP contribution >= 0.6 is 0 Å². The van der Waals surface area contributed by atoms with Crippen molar-refractivity contribution in [2.45, 2.75) is 18.9 Å². The number of hydrogen-bond donors (Lipinski definition) is 1. The van der Waals surface area contributed by atoms with Crippen LogP contribution in [-0.4, -0.2) is 59.6 Å². The summed E-state index contributed by atoms with van der Waals surface area (Å²) in [5.74, 6) is 0.0742. The summed E-state index contributed by atoms with van der Waals surface area (Å²) in [6.45, 7) is 9.79. The highest BCUT2D eigenvalue weighted by Gasteiger charge is 2.26. The van der Waals surface area contributed by atoms with E-state index in [1.807, 2.05) is 0 Å². The van der Waals surface area contributed by atoms with Gasteiger partial charge in [0.15, 0.2) is 0 Å². The Bertz CT molecular complexity index is 269. The molecular weight excluding hydrogens is 216 g/mol. The number of aliphatic hydroxyl groups excluding tert-OH is 1. The van der Waals surface area contributed by atoms with Crippen LogP contribution in [0, 0.1) is 0 Å². The molecule has 1 amide bonds. The zero-order valence-corrected chi connectivity index (χ0v) is 10.3. The molecule has 0 bridgehead atoms. The predicted molar refractivity (Wildman–Crippen MR) is 68.7 cm³/mol. The molecule has 4 nitrogen and oxygen atoms in total. The van der Waals surface area contributed by atoms with Gasteiger partial charge < -0.3 is 10.0 Å². The van der Waals surface area contributed by atoms with Crippen LogP contribution in [0.2, 0.25) is 0 Å². The van der Waals surface area contributed by atoms with Crippen molar-refractivity contribution >= 4 is 5.91 Å². The fourth-order valence-corrected chi connectivity index (χ4v) is 2.17. The molecule has 0 saturated carbocycles. The highest BCUT2D eigenvalue weighted by atomic mass is 16.3. The van der Waals surface area contributed by atoms with Gasteiger partial charge in [-0.3, -0.25) is 9.69 Å². The third kappa shape index (κ3) is 3.98. The van der Waals surface area contributed by atoms with E-state index in [1.165, 1.54) is 0 Å². The predicted octanol–water partition coefficient (Wildman–Crippen LogP) is 0.644. The average molecular weight is 238 g/mol. The number of likely N-dealkylation sites (tertiary alicyclic amines) is 1. The standard InChI is InChI=1S/C13H22N2O2/c1-3-7-14(8-4-2)13(17)10-15-9-5-6-12(15)11-16/h3-4,12,16H,1-2,5-11H2. The van der Waals surface area contributed by atoms with E-state index in [0.717, 1.165) is 19.4 Å². The highest BCUT2D eigenvalue weighted by Crippen LogP contribution is 2.16. The maximum absolute atomic E-state index is 12.0. The molecule has 1 fully saturated rings. The number of nitrogens with zero attached hydrogens (tertiary/aromatic N) is 2. The first-order valence-corrected chi connectivity index (χ1v) is 6.07. The van der Waals surface area contributed by atoms with E-state index in [1.54, 1.807) is 17.1 Å². The van der Waals surface area contributed by atoms with Gasteiger partial charge in [-0.1, -0.05) is 12.2 Å². The Morgan fingerprint density at radius 1 is 1.41 bits per heavy atom. The number of aliphatic hydroxyl groups is 1. The number of hydrogen-bond acceptors (Lipinski definition) is 3. The molecule has 0 spiro atoms. The number of amides is 1. The lowest BCUT2D eigenvalue weighted by Gasteiger charge is -2.26. The van der Waals surface area contributed by atoms with E-state index >= 15 is 0 Å². The molecule has 1 aliphatic rings. The lowest BCUT2D eigenvalue weighted by Crippen LogP contribution is -2.43. The molecule has 1 rings (SSSR count). The van der Waals surface area contributed by atoms with E-state index < -0.39 is 0 Å². The third-order valence-corrected chi connectivity index (χ3v) is 3.10. The molecule has 1 N–H and O–H groups in total. The number of rotatable bonds is 7. The van der Waals surface area contributed by atoms with Crippen molar-refractivity contribution in [3.05, 3.63) is 25.3 Å². The second-order valence-electron chi connectivity index (χ2n) is 4.33. The first-order valence-electron chi connectivity index (χ1n) is 6.07. The summed E-state index contributed by atoms with van der Waals surface area (Å²) in [5.41, 5.74) is 0. The topological polar surface area (TPSA) is 43.8 Å². The van der Waals surface area contributed by atoms with Gasteiger partial charge in [0.05, 0.1) is 13.2 Å². The Morgan fingerprint density at radius 2 is 2.06 bits per heavy atom. The van der Waals surface area contributed by atoms with Crippen molar-refractivity contribution in [3.8, 4) is 0 Å². The van der Waals surface area contributed by atoms with Crippen LogP contribution in [-0.2, 0) is 4.79 Å². The molecule has 1 aliphatic heterocycles. The Balaban J connectivity index is 2.50. The van der Waals surface area contributed by atoms with Gasteiger partial charge in [-0.05, 0) is 19.4 Å². The van der Waals surface area contributed by atoms with E-state index in [9.17, 15) is 9.90 Å². The molecule has 1 heterocycles. The summed E-state index contributed by atoms with van der Waals surface area (Å²) < 4.78 is 0. The molecule has 0 aromatic carbocycles. The second-order valence-corrected chi connectivity index (χ2v) is 4.33. The smallest absolute Gasteiger partial charge is 0.237 e. The van der Waals surface area contributed by atoms with Gasteiger partial charge in [0.25, 0.3) is 0 Å². The van der Waals surface area contributed by atoms with Gasteiger partial charge in [0.1, 0.15) is 0 Å². The average Bonchev–Trinajstić information content (AvgIpc) is 2.76. The Labute approximate surface area is 103 Å². The van der Waals surface area contributed by atoms with Crippen LogP contribution in [0.25, 0.3) is 0 Å². The van der Waals surface area contributed by atoms with Gasteiger partial charge in [0, 0.05) is 19.1 Å². The van der Waals surface area contributed by atoms with Crippen LogP contribution < -0.4 is 0 Å². The highest BCUT2D eigenvalue weighted by molar-refractivity contribution is 5.78. The van der Waals surface area contributed by atoms with Gasteiger partial charge in [0.2, 0.25) is 5.91 Å². The molecular formula is C13H22N2O2. The summed E-state index contributed by atoms with van der Waals surface area (Å²) in [6.07, 6.45) is 5.47. The molecule has 96 valence electrons. The molecule has 0 aromatic rings. The van der Waals surface area contributed by atoms with Gasteiger partial charge in [-0.25, -0.2) is 0 Å². The normalized spacial score (nSPS) is 20.2. The molecule has 1 saturated heterocycles. The van der Waals surface area contributed by atoms with Crippen molar-refractivity contribution in [1.82, 2.24) is 9.80 Å². The molecule has 4 heteroatoms. The molecule has 17 heavy (non-hydrogen) atoms. The summed E-state index contributed by atoms with van der Waals surface area (Å²) in [4.78, 5) is 15.8. The monoisotopic (exact) mass is 238 g/mol. The Kier molecular flexibility index (Phi) is 5.94. The SMILES string of the molecule is C=CCN(CC=C)C(=O)CN1CCCC1CO. The van der Waals surface area contributed by atoms with Crippen LogP contribution in [0.3, 0.4) is 0 Å². The third-order valence-electron chi connectivity index (χ3n) is 3.10. The molecule has 1 unspecified atom stereocenters.